The summed E-state index contributed by atoms with van der Waals surface area (Å²) in [6, 6.07) is 4.20. The summed E-state index contributed by atoms with van der Waals surface area (Å²) >= 11 is 0. The number of hydrogen-bond donors (Lipinski definition) is 1. The summed E-state index contributed by atoms with van der Waals surface area (Å²) in [6.45, 7) is 10.4. The standard InChI is InChI=1S/C15H26N2O/c1-5-8-12(4)18-15-10-13(11-16-7-3)9-14(6-2)17-15/h9-10,12,16H,5-8,11H2,1-4H3. The number of pyridine rings is 1. The van der Waals surface area contributed by atoms with Crippen LogP contribution in [-0.4, -0.2) is 17.6 Å². The van der Waals surface area contributed by atoms with Crippen molar-refractivity contribution in [1.82, 2.24) is 10.3 Å². The first-order chi connectivity index (χ1) is 8.69. The molecule has 0 spiro atoms. The monoisotopic (exact) mass is 250 g/mol. The lowest BCUT2D eigenvalue weighted by Crippen LogP contribution is -2.15. The average molecular weight is 250 g/mol. The molecule has 0 aliphatic carbocycles. The zero-order valence-electron chi connectivity index (χ0n) is 12.1. The second-order valence-electron chi connectivity index (χ2n) is 4.66. The van der Waals surface area contributed by atoms with Crippen molar-refractivity contribution >= 4 is 0 Å². The van der Waals surface area contributed by atoms with Gasteiger partial charge in [0.05, 0.1) is 6.10 Å². The van der Waals surface area contributed by atoms with Crippen LogP contribution in [0.2, 0.25) is 0 Å². The Morgan fingerprint density at radius 2 is 2.06 bits per heavy atom. The lowest BCUT2D eigenvalue weighted by Gasteiger charge is -2.15. The Bertz CT molecular complexity index is 352. The summed E-state index contributed by atoms with van der Waals surface area (Å²) in [5.41, 5.74) is 2.35. The second-order valence-corrected chi connectivity index (χ2v) is 4.66. The van der Waals surface area contributed by atoms with E-state index in [9.17, 15) is 0 Å². The first-order valence-corrected chi connectivity index (χ1v) is 7.06. The topological polar surface area (TPSA) is 34.1 Å². The van der Waals surface area contributed by atoms with E-state index < -0.39 is 0 Å². The van der Waals surface area contributed by atoms with E-state index in [1.807, 2.05) is 6.07 Å². The minimum absolute atomic E-state index is 0.238. The van der Waals surface area contributed by atoms with Crippen molar-refractivity contribution in [3.8, 4) is 5.88 Å². The number of aromatic nitrogens is 1. The lowest BCUT2D eigenvalue weighted by atomic mass is 10.2. The normalized spacial score (nSPS) is 12.4. The van der Waals surface area contributed by atoms with Crippen molar-refractivity contribution in [3.05, 3.63) is 23.4 Å². The van der Waals surface area contributed by atoms with Gasteiger partial charge in [-0.05, 0) is 37.9 Å². The Morgan fingerprint density at radius 1 is 1.28 bits per heavy atom. The summed E-state index contributed by atoms with van der Waals surface area (Å²) in [5.74, 6) is 0.767. The van der Waals surface area contributed by atoms with Gasteiger partial charge < -0.3 is 10.1 Å². The Hall–Kier alpha value is -1.09. The van der Waals surface area contributed by atoms with Crippen molar-refractivity contribution in [3.63, 3.8) is 0 Å². The van der Waals surface area contributed by atoms with Gasteiger partial charge in [-0.1, -0.05) is 27.2 Å². The highest BCUT2D eigenvalue weighted by Crippen LogP contribution is 2.16. The highest BCUT2D eigenvalue weighted by molar-refractivity contribution is 5.25. The van der Waals surface area contributed by atoms with Gasteiger partial charge in [-0.25, -0.2) is 4.98 Å². The van der Waals surface area contributed by atoms with Gasteiger partial charge in [0.2, 0.25) is 5.88 Å². The maximum Gasteiger partial charge on any atom is 0.214 e. The van der Waals surface area contributed by atoms with Crippen molar-refractivity contribution in [1.29, 1.82) is 0 Å². The zero-order valence-corrected chi connectivity index (χ0v) is 12.1. The smallest absolute Gasteiger partial charge is 0.214 e. The van der Waals surface area contributed by atoms with Crippen LogP contribution in [0.3, 0.4) is 0 Å². The maximum atomic E-state index is 5.88. The van der Waals surface area contributed by atoms with Crippen LogP contribution >= 0.6 is 0 Å². The van der Waals surface area contributed by atoms with Crippen LogP contribution in [-0.2, 0) is 13.0 Å². The third-order valence-corrected chi connectivity index (χ3v) is 2.87. The van der Waals surface area contributed by atoms with Crippen molar-refractivity contribution in [2.45, 2.75) is 59.6 Å². The third-order valence-electron chi connectivity index (χ3n) is 2.87. The average Bonchev–Trinajstić information content (AvgIpc) is 2.36. The number of nitrogens with zero attached hydrogens (tertiary/aromatic N) is 1. The SMILES string of the molecule is CCCC(C)Oc1cc(CNCC)cc(CC)n1. The quantitative estimate of drug-likeness (QED) is 0.768. The molecule has 0 aliphatic rings. The minimum atomic E-state index is 0.238. The van der Waals surface area contributed by atoms with Crippen LogP contribution in [0.15, 0.2) is 12.1 Å². The third kappa shape index (κ3) is 5.05. The molecule has 3 heteroatoms. The zero-order chi connectivity index (χ0) is 13.4. The molecule has 0 radical (unpaired) electrons. The molecule has 102 valence electrons. The molecule has 1 aromatic rings. The molecule has 18 heavy (non-hydrogen) atoms. The minimum Gasteiger partial charge on any atom is -0.475 e. The predicted octanol–water partition coefficient (Wildman–Crippen LogP) is 3.32. The van der Waals surface area contributed by atoms with E-state index in [0.717, 1.165) is 43.9 Å². The van der Waals surface area contributed by atoms with Crippen LogP contribution in [0.4, 0.5) is 0 Å². The highest BCUT2D eigenvalue weighted by atomic mass is 16.5. The Morgan fingerprint density at radius 3 is 2.67 bits per heavy atom. The first kappa shape index (κ1) is 15.0. The van der Waals surface area contributed by atoms with Crippen molar-refractivity contribution in [2.24, 2.45) is 0 Å². The molecule has 1 unspecified atom stereocenters. The largest absolute Gasteiger partial charge is 0.475 e. The molecule has 0 saturated carbocycles. The number of hydrogen-bond acceptors (Lipinski definition) is 3. The summed E-state index contributed by atoms with van der Waals surface area (Å²) in [7, 11) is 0. The molecule has 3 nitrogen and oxygen atoms in total. The van der Waals surface area contributed by atoms with Gasteiger partial charge in [-0.3, -0.25) is 0 Å². The molecule has 1 N–H and O–H groups in total. The van der Waals surface area contributed by atoms with Crippen LogP contribution in [0.1, 0.15) is 51.8 Å². The summed E-state index contributed by atoms with van der Waals surface area (Å²) in [6.07, 6.45) is 3.39. The van der Waals surface area contributed by atoms with E-state index in [2.05, 4.69) is 44.1 Å². The van der Waals surface area contributed by atoms with E-state index >= 15 is 0 Å². The van der Waals surface area contributed by atoms with Gasteiger partial charge in [-0.15, -0.1) is 0 Å². The fraction of sp³-hybridized carbons (Fsp3) is 0.667. The predicted molar refractivity (Wildman–Crippen MR) is 76.0 cm³/mol. The van der Waals surface area contributed by atoms with E-state index in [1.54, 1.807) is 0 Å². The van der Waals surface area contributed by atoms with Gasteiger partial charge in [0.25, 0.3) is 0 Å². The molecular formula is C15H26N2O. The molecule has 0 fully saturated rings. The number of nitrogens with one attached hydrogen (secondary N) is 1. The number of ether oxygens (including phenoxy) is 1. The van der Waals surface area contributed by atoms with E-state index in [-0.39, 0.29) is 6.10 Å². The summed E-state index contributed by atoms with van der Waals surface area (Å²) < 4.78 is 5.88. The van der Waals surface area contributed by atoms with E-state index in [0.29, 0.717) is 0 Å². The Balaban J connectivity index is 2.76. The van der Waals surface area contributed by atoms with Gasteiger partial charge in [-0.2, -0.15) is 0 Å². The van der Waals surface area contributed by atoms with Gasteiger partial charge in [0.1, 0.15) is 0 Å². The molecule has 0 saturated heterocycles. The molecule has 1 aromatic heterocycles. The van der Waals surface area contributed by atoms with Crippen molar-refractivity contribution in [2.75, 3.05) is 6.54 Å². The summed E-state index contributed by atoms with van der Waals surface area (Å²) in [4.78, 5) is 4.53. The molecule has 1 rings (SSSR count). The fourth-order valence-corrected chi connectivity index (χ4v) is 1.90. The first-order valence-electron chi connectivity index (χ1n) is 7.06. The number of aryl methyl sites for hydroxylation is 1. The van der Waals surface area contributed by atoms with E-state index in [1.165, 1.54) is 5.56 Å². The van der Waals surface area contributed by atoms with Gasteiger partial charge >= 0.3 is 0 Å². The molecule has 1 atom stereocenters. The van der Waals surface area contributed by atoms with Gasteiger partial charge in [0.15, 0.2) is 0 Å². The van der Waals surface area contributed by atoms with Crippen LogP contribution < -0.4 is 10.1 Å². The Labute approximate surface area is 111 Å². The van der Waals surface area contributed by atoms with Crippen LogP contribution in [0.5, 0.6) is 5.88 Å². The molecule has 0 amide bonds. The summed E-state index contributed by atoms with van der Waals surface area (Å²) in [5, 5.41) is 3.34. The number of rotatable bonds is 8. The lowest BCUT2D eigenvalue weighted by molar-refractivity contribution is 0.201. The molecule has 0 aromatic carbocycles. The fourth-order valence-electron chi connectivity index (χ4n) is 1.90. The van der Waals surface area contributed by atoms with Gasteiger partial charge in [0, 0.05) is 18.3 Å². The van der Waals surface area contributed by atoms with Crippen LogP contribution in [0.25, 0.3) is 0 Å². The molecular weight excluding hydrogens is 224 g/mol. The van der Waals surface area contributed by atoms with Crippen molar-refractivity contribution < 1.29 is 4.74 Å². The Kier molecular flexibility index (Phi) is 6.73. The van der Waals surface area contributed by atoms with Crippen LogP contribution in [0, 0.1) is 0 Å². The van der Waals surface area contributed by atoms with E-state index in [4.69, 9.17) is 4.74 Å². The molecule has 0 bridgehead atoms. The highest BCUT2D eigenvalue weighted by Gasteiger charge is 2.07. The maximum absolute atomic E-state index is 5.88. The molecule has 1 heterocycles. The second kappa shape index (κ2) is 8.09. The molecule has 0 aliphatic heterocycles.